The van der Waals surface area contributed by atoms with Crippen molar-refractivity contribution in [1.82, 2.24) is 19.5 Å². The average Bonchev–Trinajstić information content (AvgIpc) is 2.65. The maximum Gasteiger partial charge on any atom is 0.179 e. The molecule has 2 rings (SSSR count). The van der Waals surface area contributed by atoms with Crippen LogP contribution in [0.15, 0.2) is 24.8 Å². The van der Waals surface area contributed by atoms with Crippen LogP contribution in [-0.2, 0) is 0 Å². The van der Waals surface area contributed by atoms with Crippen molar-refractivity contribution in [3.05, 3.63) is 29.9 Å². The molecule has 2 aromatic heterocycles. The van der Waals surface area contributed by atoms with Crippen LogP contribution in [0.3, 0.4) is 0 Å². The third kappa shape index (κ3) is 1.99. The van der Waals surface area contributed by atoms with Gasteiger partial charge in [0, 0.05) is 12.2 Å². The highest BCUT2D eigenvalue weighted by Gasteiger charge is 2.10. The molecule has 0 aliphatic heterocycles. The fourth-order valence-corrected chi connectivity index (χ4v) is 1.49. The second-order valence-corrected chi connectivity index (χ2v) is 3.87. The van der Waals surface area contributed by atoms with Crippen LogP contribution in [0.1, 0.15) is 19.9 Å². The van der Waals surface area contributed by atoms with Crippen molar-refractivity contribution < 1.29 is 0 Å². The first-order chi connectivity index (χ1) is 7.18. The number of nitrogens with zero attached hydrogens (tertiary/aromatic N) is 4. The van der Waals surface area contributed by atoms with Gasteiger partial charge in [-0.25, -0.2) is 15.0 Å². The van der Waals surface area contributed by atoms with Gasteiger partial charge in [-0.05, 0) is 19.9 Å². The molecule has 0 amide bonds. The predicted octanol–water partition coefficient (Wildman–Crippen LogP) is 2.57. The molecular formula is C10H11ClN4. The molecule has 0 aliphatic carbocycles. The van der Waals surface area contributed by atoms with E-state index in [2.05, 4.69) is 28.8 Å². The molecular weight excluding hydrogens is 212 g/mol. The summed E-state index contributed by atoms with van der Waals surface area (Å²) in [4.78, 5) is 12.4. The zero-order chi connectivity index (χ0) is 10.8. The second kappa shape index (κ2) is 3.98. The predicted molar refractivity (Wildman–Crippen MR) is 58.6 cm³/mol. The molecule has 4 nitrogen and oxygen atoms in total. The maximum atomic E-state index is 5.81. The number of halogens is 1. The fraction of sp³-hybridized carbons (Fsp3) is 0.300. The summed E-state index contributed by atoms with van der Waals surface area (Å²) in [5, 5.41) is 0.441. The molecule has 0 bridgehead atoms. The number of hydrogen-bond acceptors (Lipinski definition) is 3. The van der Waals surface area contributed by atoms with E-state index in [0.29, 0.717) is 17.0 Å². The summed E-state index contributed by atoms with van der Waals surface area (Å²) >= 11 is 5.81. The van der Waals surface area contributed by atoms with Crippen LogP contribution in [0.4, 0.5) is 0 Å². The zero-order valence-corrected chi connectivity index (χ0v) is 9.31. The van der Waals surface area contributed by atoms with E-state index in [0.717, 1.165) is 5.69 Å². The molecule has 15 heavy (non-hydrogen) atoms. The SMILES string of the molecule is CC(C)n1cncc1-c1nccc(Cl)n1. The second-order valence-electron chi connectivity index (χ2n) is 3.48. The van der Waals surface area contributed by atoms with Crippen molar-refractivity contribution in [2.75, 3.05) is 0 Å². The van der Waals surface area contributed by atoms with Gasteiger partial charge in [0.15, 0.2) is 5.82 Å². The van der Waals surface area contributed by atoms with E-state index < -0.39 is 0 Å². The van der Waals surface area contributed by atoms with E-state index >= 15 is 0 Å². The lowest BCUT2D eigenvalue weighted by Gasteiger charge is -2.10. The van der Waals surface area contributed by atoms with Gasteiger partial charge < -0.3 is 4.57 Å². The zero-order valence-electron chi connectivity index (χ0n) is 8.55. The smallest absolute Gasteiger partial charge is 0.179 e. The summed E-state index contributed by atoms with van der Waals surface area (Å²) in [5.41, 5.74) is 0.882. The molecule has 78 valence electrons. The molecule has 0 saturated carbocycles. The van der Waals surface area contributed by atoms with E-state index in [9.17, 15) is 0 Å². The standard InChI is InChI=1S/C10H11ClN4/c1-7(2)15-6-12-5-8(15)10-13-4-3-9(11)14-10/h3-7H,1-2H3. The molecule has 0 saturated heterocycles. The van der Waals surface area contributed by atoms with Crippen LogP contribution in [0, 0.1) is 0 Å². The lowest BCUT2D eigenvalue weighted by Crippen LogP contribution is -2.02. The molecule has 0 aliphatic rings. The first kappa shape index (κ1) is 10.1. The maximum absolute atomic E-state index is 5.81. The van der Waals surface area contributed by atoms with Crippen LogP contribution < -0.4 is 0 Å². The topological polar surface area (TPSA) is 43.6 Å². The first-order valence-corrected chi connectivity index (χ1v) is 5.07. The molecule has 0 aromatic carbocycles. The molecule has 2 aromatic rings. The molecule has 0 unspecified atom stereocenters. The lowest BCUT2D eigenvalue weighted by atomic mass is 10.3. The van der Waals surface area contributed by atoms with E-state index in [1.165, 1.54) is 0 Å². The van der Waals surface area contributed by atoms with E-state index in [1.807, 2.05) is 4.57 Å². The highest BCUT2D eigenvalue weighted by Crippen LogP contribution is 2.19. The normalized spacial score (nSPS) is 10.9. The van der Waals surface area contributed by atoms with Crippen molar-refractivity contribution in [2.24, 2.45) is 0 Å². The molecule has 2 heterocycles. The van der Waals surface area contributed by atoms with Gasteiger partial charge in [0.2, 0.25) is 0 Å². The van der Waals surface area contributed by atoms with Gasteiger partial charge in [-0.3, -0.25) is 0 Å². The molecule has 0 radical (unpaired) electrons. The largest absolute Gasteiger partial charge is 0.325 e. The third-order valence-corrected chi connectivity index (χ3v) is 2.28. The molecule has 0 fully saturated rings. The Morgan fingerprint density at radius 1 is 1.40 bits per heavy atom. The van der Waals surface area contributed by atoms with Gasteiger partial charge in [0.1, 0.15) is 10.8 Å². The molecule has 0 N–H and O–H groups in total. The number of hydrogen-bond donors (Lipinski definition) is 0. The van der Waals surface area contributed by atoms with E-state index in [-0.39, 0.29) is 0 Å². The quantitative estimate of drug-likeness (QED) is 0.734. The highest BCUT2D eigenvalue weighted by molar-refractivity contribution is 6.29. The van der Waals surface area contributed by atoms with Crippen LogP contribution >= 0.6 is 11.6 Å². The molecule has 0 spiro atoms. The van der Waals surface area contributed by atoms with E-state index in [4.69, 9.17) is 11.6 Å². The van der Waals surface area contributed by atoms with Gasteiger partial charge >= 0.3 is 0 Å². The number of aromatic nitrogens is 4. The van der Waals surface area contributed by atoms with Crippen molar-refractivity contribution in [3.63, 3.8) is 0 Å². The summed E-state index contributed by atoms with van der Waals surface area (Å²) in [6.45, 7) is 4.16. The van der Waals surface area contributed by atoms with Gasteiger partial charge in [-0.1, -0.05) is 11.6 Å². The Hall–Kier alpha value is -1.42. The Morgan fingerprint density at radius 3 is 2.87 bits per heavy atom. The van der Waals surface area contributed by atoms with Gasteiger partial charge in [-0.15, -0.1) is 0 Å². The minimum Gasteiger partial charge on any atom is -0.325 e. The summed E-state index contributed by atoms with van der Waals surface area (Å²) in [7, 11) is 0. The lowest BCUT2D eigenvalue weighted by molar-refractivity contribution is 0.603. The Bertz CT molecular complexity index is 464. The van der Waals surface area contributed by atoms with Crippen LogP contribution in [0.5, 0.6) is 0 Å². The Labute approximate surface area is 93.0 Å². The van der Waals surface area contributed by atoms with Gasteiger partial charge in [-0.2, -0.15) is 0 Å². The summed E-state index contributed by atoms with van der Waals surface area (Å²) in [5.74, 6) is 0.605. The minimum atomic E-state index is 0.324. The Morgan fingerprint density at radius 2 is 2.20 bits per heavy atom. The van der Waals surface area contributed by atoms with Gasteiger partial charge in [0.05, 0.1) is 12.5 Å². The summed E-state index contributed by atoms with van der Waals surface area (Å²) < 4.78 is 2.01. The molecule has 0 atom stereocenters. The third-order valence-electron chi connectivity index (χ3n) is 2.07. The van der Waals surface area contributed by atoms with E-state index in [1.54, 1.807) is 24.8 Å². The minimum absolute atomic E-state index is 0.324. The van der Waals surface area contributed by atoms with Crippen LogP contribution in [-0.4, -0.2) is 19.5 Å². The van der Waals surface area contributed by atoms with Crippen LogP contribution in [0.25, 0.3) is 11.5 Å². The Kier molecular flexibility index (Phi) is 2.68. The first-order valence-electron chi connectivity index (χ1n) is 4.69. The fourth-order valence-electron chi connectivity index (χ4n) is 1.35. The number of imidazole rings is 1. The number of rotatable bonds is 2. The van der Waals surface area contributed by atoms with Crippen molar-refractivity contribution in [2.45, 2.75) is 19.9 Å². The summed E-state index contributed by atoms with van der Waals surface area (Å²) in [6.07, 6.45) is 5.15. The summed E-state index contributed by atoms with van der Waals surface area (Å²) in [6, 6.07) is 1.98. The monoisotopic (exact) mass is 222 g/mol. The van der Waals surface area contributed by atoms with Crippen molar-refractivity contribution in [3.8, 4) is 11.5 Å². The van der Waals surface area contributed by atoms with Crippen LogP contribution in [0.2, 0.25) is 5.15 Å². The average molecular weight is 223 g/mol. The Balaban J connectivity index is 2.49. The molecule has 5 heteroatoms. The van der Waals surface area contributed by atoms with Gasteiger partial charge in [0.25, 0.3) is 0 Å². The van der Waals surface area contributed by atoms with Crippen molar-refractivity contribution in [1.29, 1.82) is 0 Å². The highest BCUT2D eigenvalue weighted by atomic mass is 35.5. The van der Waals surface area contributed by atoms with Crippen molar-refractivity contribution >= 4 is 11.6 Å².